The van der Waals surface area contributed by atoms with Crippen molar-refractivity contribution in [1.29, 1.82) is 0 Å². The molecule has 76 valence electrons. The molecule has 0 atom stereocenters. The van der Waals surface area contributed by atoms with Crippen LogP contribution in [0.1, 0.15) is 25.0 Å². The quantitative estimate of drug-likeness (QED) is 0.721. The summed E-state index contributed by atoms with van der Waals surface area (Å²) in [6.45, 7) is 11.7. The zero-order chi connectivity index (χ0) is 10.4. The molecule has 1 N–H and O–H groups in total. The topological polar surface area (TPSA) is 4.44 Å². The summed E-state index contributed by atoms with van der Waals surface area (Å²) in [5.41, 5.74) is 2.61. The Kier molecular flexibility index (Phi) is 4.41. The standard InChI is InChI=1S/C13H19N/c1-4-12-7-9-13(10-8-12)11-14(5-2)6-3/h4,7-10H,1,5-6,11H2,2-3H3/p+1. The Morgan fingerprint density at radius 1 is 1.14 bits per heavy atom. The lowest BCUT2D eigenvalue weighted by atomic mass is 10.1. The van der Waals surface area contributed by atoms with Crippen LogP contribution in [0.25, 0.3) is 6.08 Å². The lowest BCUT2D eigenvalue weighted by molar-refractivity contribution is -0.910. The smallest absolute Gasteiger partial charge is 0.103 e. The van der Waals surface area contributed by atoms with Gasteiger partial charge in [0.1, 0.15) is 6.54 Å². The summed E-state index contributed by atoms with van der Waals surface area (Å²) >= 11 is 0. The first-order valence-electron chi connectivity index (χ1n) is 5.35. The molecular weight excluding hydrogens is 170 g/mol. The molecule has 1 aromatic rings. The van der Waals surface area contributed by atoms with E-state index in [2.05, 4.69) is 44.7 Å². The van der Waals surface area contributed by atoms with Crippen molar-refractivity contribution in [2.24, 2.45) is 0 Å². The van der Waals surface area contributed by atoms with Crippen molar-refractivity contribution in [2.75, 3.05) is 13.1 Å². The van der Waals surface area contributed by atoms with E-state index in [1.54, 1.807) is 4.90 Å². The van der Waals surface area contributed by atoms with E-state index in [1.165, 1.54) is 24.2 Å². The van der Waals surface area contributed by atoms with E-state index in [-0.39, 0.29) is 0 Å². The number of quaternary nitrogens is 1. The zero-order valence-electron chi connectivity index (χ0n) is 9.22. The molecule has 0 aromatic heterocycles. The van der Waals surface area contributed by atoms with Crippen molar-refractivity contribution < 1.29 is 4.90 Å². The second-order valence-electron chi connectivity index (χ2n) is 3.58. The van der Waals surface area contributed by atoms with E-state index in [1.807, 2.05) is 6.08 Å². The summed E-state index contributed by atoms with van der Waals surface area (Å²) in [4.78, 5) is 1.62. The highest BCUT2D eigenvalue weighted by Crippen LogP contribution is 2.03. The second-order valence-corrected chi connectivity index (χ2v) is 3.58. The van der Waals surface area contributed by atoms with Gasteiger partial charge in [-0.2, -0.15) is 0 Å². The number of rotatable bonds is 5. The third kappa shape index (κ3) is 3.00. The summed E-state index contributed by atoms with van der Waals surface area (Å²) < 4.78 is 0. The highest BCUT2D eigenvalue weighted by atomic mass is 15.1. The fourth-order valence-electron chi connectivity index (χ4n) is 1.56. The fourth-order valence-corrected chi connectivity index (χ4v) is 1.56. The van der Waals surface area contributed by atoms with Crippen molar-refractivity contribution in [1.82, 2.24) is 0 Å². The third-order valence-corrected chi connectivity index (χ3v) is 2.67. The molecule has 0 heterocycles. The average Bonchev–Trinajstić information content (AvgIpc) is 2.26. The first-order valence-corrected chi connectivity index (χ1v) is 5.35. The maximum atomic E-state index is 3.75. The normalized spacial score (nSPS) is 10.5. The van der Waals surface area contributed by atoms with E-state index in [9.17, 15) is 0 Å². The second kappa shape index (κ2) is 5.61. The molecule has 0 radical (unpaired) electrons. The molecule has 0 aliphatic rings. The Morgan fingerprint density at radius 3 is 2.14 bits per heavy atom. The molecule has 0 saturated heterocycles. The van der Waals surface area contributed by atoms with Gasteiger partial charge >= 0.3 is 0 Å². The minimum absolute atomic E-state index is 1.13. The Morgan fingerprint density at radius 2 is 1.71 bits per heavy atom. The summed E-state index contributed by atoms with van der Waals surface area (Å²) in [7, 11) is 0. The van der Waals surface area contributed by atoms with Crippen molar-refractivity contribution in [3.8, 4) is 0 Å². The zero-order valence-corrected chi connectivity index (χ0v) is 9.22. The third-order valence-electron chi connectivity index (χ3n) is 2.67. The predicted molar refractivity (Wildman–Crippen MR) is 62.3 cm³/mol. The number of hydrogen-bond acceptors (Lipinski definition) is 0. The van der Waals surface area contributed by atoms with Crippen LogP contribution in [-0.2, 0) is 6.54 Å². The van der Waals surface area contributed by atoms with E-state index >= 15 is 0 Å². The van der Waals surface area contributed by atoms with E-state index in [0.717, 1.165) is 6.54 Å². The summed E-state index contributed by atoms with van der Waals surface area (Å²) in [5, 5.41) is 0. The fraction of sp³-hybridized carbons (Fsp3) is 0.385. The average molecular weight is 190 g/mol. The SMILES string of the molecule is C=Cc1ccc(C[NH+](CC)CC)cc1. The van der Waals surface area contributed by atoms with Crippen molar-refractivity contribution in [3.05, 3.63) is 42.0 Å². The van der Waals surface area contributed by atoms with Crippen LogP contribution in [0.3, 0.4) is 0 Å². The Hall–Kier alpha value is -1.08. The van der Waals surface area contributed by atoms with Crippen LogP contribution in [-0.4, -0.2) is 13.1 Å². The monoisotopic (exact) mass is 190 g/mol. The first kappa shape index (κ1) is 11.0. The molecule has 1 nitrogen and oxygen atoms in total. The Balaban J connectivity index is 2.63. The molecular formula is C13H20N+. The van der Waals surface area contributed by atoms with Gasteiger partial charge in [-0.25, -0.2) is 0 Å². The Labute approximate surface area is 87.1 Å². The lowest BCUT2D eigenvalue weighted by Crippen LogP contribution is -3.10. The highest BCUT2D eigenvalue weighted by molar-refractivity contribution is 5.46. The lowest BCUT2D eigenvalue weighted by Gasteiger charge is -2.15. The van der Waals surface area contributed by atoms with E-state index < -0.39 is 0 Å². The minimum atomic E-state index is 1.13. The minimum Gasteiger partial charge on any atom is -0.332 e. The van der Waals surface area contributed by atoms with Gasteiger partial charge in [0.2, 0.25) is 0 Å². The van der Waals surface area contributed by atoms with Crippen molar-refractivity contribution in [3.63, 3.8) is 0 Å². The number of benzene rings is 1. The molecule has 1 heteroatoms. The maximum Gasteiger partial charge on any atom is 0.103 e. The highest BCUT2D eigenvalue weighted by Gasteiger charge is 2.03. The molecule has 0 amide bonds. The van der Waals surface area contributed by atoms with Crippen molar-refractivity contribution >= 4 is 6.08 Å². The molecule has 0 fully saturated rings. The predicted octanol–water partition coefficient (Wildman–Crippen LogP) is 1.75. The molecule has 1 aromatic carbocycles. The largest absolute Gasteiger partial charge is 0.332 e. The van der Waals surface area contributed by atoms with Crippen LogP contribution in [0.2, 0.25) is 0 Å². The molecule has 0 unspecified atom stereocenters. The Bertz CT molecular complexity index is 270. The van der Waals surface area contributed by atoms with Gasteiger partial charge in [0, 0.05) is 5.56 Å². The molecule has 0 aliphatic heterocycles. The summed E-state index contributed by atoms with van der Waals surface area (Å²) in [6.07, 6.45) is 1.88. The van der Waals surface area contributed by atoms with Gasteiger partial charge in [-0.05, 0) is 19.4 Å². The van der Waals surface area contributed by atoms with Crippen LogP contribution >= 0.6 is 0 Å². The summed E-state index contributed by atoms with van der Waals surface area (Å²) in [6, 6.07) is 8.65. The van der Waals surface area contributed by atoms with Gasteiger partial charge < -0.3 is 4.90 Å². The number of nitrogens with one attached hydrogen (secondary N) is 1. The van der Waals surface area contributed by atoms with Gasteiger partial charge in [-0.15, -0.1) is 0 Å². The van der Waals surface area contributed by atoms with Crippen molar-refractivity contribution in [2.45, 2.75) is 20.4 Å². The van der Waals surface area contributed by atoms with Crippen LogP contribution in [0.4, 0.5) is 0 Å². The molecule has 0 aliphatic carbocycles. The van der Waals surface area contributed by atoms with E-state index in [4.69, 9.17) is 0 Å². The van der Waals surface area contributed by atoms with Crippen LogP contribution in [0.15, 0.2) is 30.8 Å². The number of hydrogen-bond donors (Lipinski definition) is 1. The molecule has 1 rings (SSSR count). The van der Waals surface area contributed by atoms with Crippen LogP contribution < -0.4 is 4.90 Å². The molecule has 14 heavy (non-hydrogen) atoms. The first-order chi connectivity index (χ1) is 6.80. The van der Waals surface area contributed by atoms with Gasteiger partial charge in [0.05, 0.1) is 13.1 Å². The van der Waals surface area contributed by atoms with E-state index in [0.29, 0.717) is 0 Å². The van der Waals surface area contributed by atoms with Crippen LogP contribution in [0, 0.1) is 0 Å². The van der Waals surface area contributed by atoms with Gasteiger partial charge in [0.15, 0.2) is 0 Å². The van der Waals surface area contributed by atoms with Gasteiger partial charge in [-0.3, -0.25) is 0 Å². The molecule has 0 saturated carbocycles. The van der Waals surface area contributed by atoms with Gasteiger partial charge in [-0.1, -0.05) is 36.9 Å². The molecule has 0 spiro atoms. The van der Waals surface area contributed by atoms with Gasteiger partial charge in [0.25, 0.3) is 0 Å². The molecule has 0 bridgehead atoms. The maximum absolute atomic E-state index is 3.75. The van der Waals surface area contributed by atoms with Crippen LogP contribution in [0.5, 0.6) is 0 Å². The summed E-state index contributed by atoms with van der Waals surface area (Å²) in [5.74, 6) is 0.